The summed E-state index contributed by atoms with van der Waals surface area (Å²) in [6, 6.07) is 16.5. The van der Waals surface area contributed by atoms with Crippen LogP contribution in [0.2, 0.25) is 0 Å². The molecule has 0 aromatic heterocycles. The highest BCUT2D eigenvalue weighted by Crippen LogP contribution is 2.42. The normalized spacial score (nSPS) is 11.6. The van der Waals surface area contributed by atoms with Crippen molar-refractivity contribution in [2.75, 3.05) is 99.2 Å². The largest absolute Gasteiger partial charge is 0.478 e. The number of rotatable bonds is 24. The molecule has 1 aliphatic heterocycles. The monoisotopic (exact) mass is 791 g/mol. The summed E-state index contributed by atoms with van der Waals surface area (Å²) in [4.78, 5) is 39.6. The van der Waals surface area contributed by atoms with Gasteiger partial charge >= 0.3 is 11.9 Å². The van der Waals surface area contributed by atoms with E-state index in [1.54, 1.807) is 12.1 Å². The summed E-state index contributed by atoms with van der Waals surface area (Å²) in [7, 11) is 7.79. The topological polar surface area (TPSA) is 146 Å². The molecule has 57 heavy (non-hydrogen) atoms. The smallest absolute Gasteiger partial charge is 0.336 e. The first-order valence-electron chi connectivity index (χ1n) is 19.4. The number of hydrogen-bond donors (Lipinski definition) is 1. The van der Waals surface area contributed by atoms with Gasteiger partial charge in [0.15, 0.2) is 5.78 Å². The highest BCUT2D eigenvalue weighted by atomic mass is 16.6. The Morgan fingerprint density at radius 3 is 1.82 bits per heavy atom. The lowest BCUT2D eigenvalue weighted by Crippen LogP contribution is -2.23. The predicted molar refractivity (Wildman–Crippen MR) is 219 cm³/mol. The van der Waals surface area contributed by atoms with Gasteiger partial charge in [-0.15, -0.1) is 0 Å². The number of benzene rings is 3. The number of aromatic carboxylic acids is 1. The number of ether oxygens (including phenoxy) is 6. The fourth-order valence-electron chi connectivity index (χ4n) is 6.00. The fourth-order valence-corrected chi connectivity index (χ4v) is 6.00. The third kappa shape index (κ3) is 14.3. The van der Waals surface area contributed by atoms with Crippen molar-refractivity contribution in [3.05, 3.63) is 71.1 Å². The molecule has 0 radical (unpaired) electrons. The van der Waals surface area contributed by atoms with Crippen molar-refractivity contribution < 1.29 is 52.3 Å². The molecular formula is C44H59N2O11+. The van der Waals surface area contributed by atoms with Gasteiger partial charge in [0.1, 0.15) is 31.0 Å². The van der Waals surface area contributed by atoms with Crippen LogP contribution in [-0.4, -0.2) is 123 Å². The number of carbonyl (C=O) groups is 3. The van der Waals surface area contributed by atoms with Crippen LogP contribution in [0, 0.1) is 0 Å². The number of carbonyl (C=O) groups excluding carboxylic acids is 2. The predicted octanol–water partition coefficient (Wildman–Crippen LogP) is 6.17. The number of fused-ring (bicyclic) bond motifs is 2. The van der Waals surface area contributed by atoms with Crippen molar-refractivity contribution in [3.63, 3.8) is 0 Å². The minimum absolute atomic E-state index is 0.0995. The zero-order valence-corrected chi connectivity index (χ0v) is 34.5. The van der Waals surface area contributed by atoms with E-state index in [0.29, 0.717) is 113 Å². The van der Waals surface area contributed by atoms with Crippen molar-refractivity contribution in [1.29, 1.82) is 0 Å². The van der Waals surface area contributed by atoms with Gasteiger partial charge in [0.25, 0.3) is 0 Å². The van der Waals surface area contributed by atoms with E-state index < -0.39 is 11.6 Å². The second-order valence-electron chi connectivity index (χ2n) is 15.0. The lowest BCUT2D eigenvalue weighted by Gasteiger charge is -2.19. The van der Waals surface area contributed by atoms with Crippen LogP contribution in [0.25, 0.3) is 33.4 Å². The second kappa shape index (κ2) is 22.3. The highest BCUT2D eigenvalue weighted by Gasteiger charge is 2.24. The summed E-state index contributed by atoms with van der Waals surface area (Å²) in [6.07, 6.45) is 1.69. The van der Waals surface area contributed by atoms with Crippen LogP contribution in [0.3, 0.4) is 0 Å². The molecule has 13 nitrogen and oxygen atoms in total. The van der Waals surface area contributed by atoms with Gasteiger partial charge in [-0.3, -0.25) is 9.59 Å². The first-order valence-corrected chi connectivity index (χ1v) is 19.4. The van der Waals surface area contributed by atoms with Crippen molar-refractivity contribution in [2.24, 2.45) is 0 Å². The minimum Gasteiger partial charge on any atom is -0.478 e. The number of anilines is 1. The van der Waals surface area contributed by atoms with E-state index in [2.05, 4.69) is 0 Å². The van der Waals surface area contributed by atoms with E-state index >= 15 is 0 Å². The van der Waals surface area contributed by atoms with E-state index in [9.17, 15) is 19.5 Å². The van der Waals surface area contributed by atoms with Crippen molar-refractivity contribution in [3.8, 4) is 22.5 Å². The zero-order chi connectivity index (χ0) is 41.4. The molecule has 310 valence electrons. The van der Waals surface area contributed by atoms with Gasteiger partial charge < -0.3 is 42.8 Å². The van der Waals surface area contributed by atoms with Gasteiger partial charge in [0.05, 0.1) is 64.5 Å². The Labute approximate surface area is 335 Å². The number of carboxylic acid groups (broad SMARTS) is 1. The SMILES string of the molecule is CN(C)c1ccc2c(-c3cc(C(=O)CCCOCCOCCOCCOCCOCCCC(=O)OC(C)(C)C)ccc3C(=O)O)c3ccc(=[N+](C)C)cc-3oc2c1. The van der Waals surface area contributed by atoms with Gasteiger partial charge in [-0.1, -0.05) is 6.07 Å². The van der Waals surface area contributed by atoms with Crippen molar-refractivity contribution >= 4 is 34.4 Å². The van der Waals surface area contributed by atoms with Crippen LogP contribution >= 0.6 is 0 Å². The molecule has 0 saturated heterocycles. The first-order chi connectivity index (χ1) is 27.2. The van der Waals surface area contributed by atoms with Crippen LogP contribution in [0.15, 0.2) is 59.0 Å². The lowest BCUT2D eigenvalue weighted by molar-refractivity contribution is -0.155. The minimum atomic E-state index is -1.08. The van der Waals surface area contributed by atoms with E-state index in [1.807, 2.05) is 94.8 Å². The van der Waals surface area contributed by atoms with E-state index in [1.165, 1.54) is 6.07 Å². The summed E-state index contributed by atoms with van der Waals surface area (Å²) in [5.41, 5.74) is 3.50. The number of hydrogen-bond acceptors (Lipinski definition) is 11. The maximum atomic E-state index is 13.4. The summed E-state index contributed by atoms with van der Waals surface area (Å²) in [5, 5.41) is 11.9. The molecule has 0 saturated carbocycles. The Morgan fingerprint density at radius 1 is 0.702 bits per heavy atom. The standard InChI is InChI=1S/C44H58N2O11/c1-44(2,3)57-41(48)11-9-19-52-21-23-54-25-27-55-26-24-53-22-20-51-18-8-10-38(47)31-12-15-34(43(49)50)37(28-31)42-35-16-13-32(45(4)5)29-39(35)56-40-30-33(46(6)7)14-17-36(40)42/h12-17,28-30H,8-11,18-27H2,1-7H3/p+1. The van der Waals surface area contributed by atoms with Crippen LogP contribution < -0.4 is 14.8 Å². The zero-order valence-electron chi connectivity index (χ0n) is 34.5. The Kier molecular flexibility index (Phi) is 17.6. The summed E-state index contributed by atoms with van der Waals surface area (Å²) >= 11 is 0. The fraction of sp³-hybridized carbons (Fsp3) is 0.500. The van der Waals surface area contributed by atoms with Crippen molar-refractivity contribution in [2.45, 2.75) is 52.1 Å². The molecule has 0 amide bonds. The number of ketones is 1. The third-order valence-corrected chi connectivity index (χ3v) is 8.83. The number of Topliss-reactive ketones (excluding diaryl/α,β-unsaturated/α-hetero) is 1. The Hall–Kier alpha value is -4.66. The Balaban J connectivity index is 1.18. The number of carboxylic acids is 1. The quantitative estimate of drug-likeness (QED) is 0.0285. The summed E-state index contributed by atoms with van der Waals surface area (Å²) in [6.45, 7) is 9.82. The van der Waals surface area contributed by atoms with E-state index in [4.69, 9.17) is 32.8 Å². The average Bonchev–Trinajstić information content (AvgIpc) is 3.16. The van der Waals surface area contributed by atoms with Gasteiger partial charge in [0, 0.05) is 80.0 Å². The molecule has 1 N–H and O–H groups in total. The van der Waals surface area contributed by atoms with Crippen LogP contribution in [0.1, 0.15) is 67.2 Å². The maximum absolute atomic E-state index is 13.4. The molecule has 4 rings (SSSR count). The molecule has 2 aromatic carbocycles. The molecule has 0 unspecified atom stereocenters. The van der Waals surface area contributed by atoms with Gasteiger partial charge in [0.2, 0.25) is 5.36 Å². The van der Waals surface area contributed by atoms with Gasteiger partial charge in [-0.05, 0) is 69.5 Å². The number of esters is 1. The lowest BCUT2D eigenvalue weighted by atomic mass is 9.88. The molecule has 0 bridgehead atoms. The molecule has 2 aliphatic rings. The molecule has 13 heteroatoms. The van der Waals surface area contributed by atoms with E-state index in [-0.39, 0.29) is 23.7 Å². The van der Waals surface area contributed by atoms with Crippen LogP contribution in [-0.2, 0) is 33.2 Å². The molecule has 1 heterocycles. The first kappa shape index (κ1) is 45.0. The Bertz CT molecular complexity index is 1980. The van der Waals surface area contributed by atoms with E-state index in [0.717, 1.165) is 22.0 Å². The summed E-state index contributed by atoms with van der Waals surface area (Å²) in [5.74, 6) is -0.797. The molecule has 0 fully saturated rings. The summed E-state index contributed by atoms with van der Waals surface area (Å²) < 4.78 is 41.4. The molecule has 1 aliphatic carbocycles. The average molecular weight is 792 g/mol. The van der Waals surface area contributed by atoms with Crippen LogP contribution in [0.5, 0.6) is 0 Å². The molecule has 0 atom stereocenters. The second-order valence-corrected chi connectivity index (χ2v) is 15.0. The molecule has 0 spiro atoms. The Morgan fingerprint density at radius 2 is 1.28 bits per heavy atom. The highest BCUT2D eigenvalue weighted by molar-refractivity contribution is 6.09. The number of nitrogens with zero attached hydrogens (tertiary/aromatic N) is 2. The van der Waals surface area contributed by atoms with Crippen molar-refractivity contribution in [1.82, 2.24) is 4.58 Å². The van der Waals surface area contributed by atoms with Gasteiger partial charge in [-0.2, -0.15) is 0 Å². The van der Waals surface area contributed by atoms with Gasteiger partial charge in [-0.25, -0.2) is 9.37 Å². The molecular weight excluding hydrogens is 732 g/mol. The third-order valence-electron chi connectivity index (χ3n) is 8.83. The molecule has 2 aromatic rings. The maximum Gasteiger partial charge on any atom is 0.336 e. The van der Waals surface area contributed by atoms with Crippen LogP contribution in [0.4, 0.5) is 5.69 Å².